The molecule has 1 aliphatic carbocycles. The number of rotatable bonds is 2. The fourth-order valence-corrected chi connectivity index (χ4v) is 3.04. The zero-order chi connectivity index (χ0) is 16.5. The Morgan fingerprint density at radius 3 is 2.75 bits per heavy atom. The quantitative estimate of drug-likeness (QED) is 0.732. The lowest BCUT2D eigenvalue weighted by molar-refractivity contribution is 0.102. The minimum atomic E-state index is 0.0312. The minimum absolute atomic E-state index is 0.0312. The molecule has 2 aromatic carbocycles. The normalized spacial score (nSPS) is 15.5. The van der Waals surface area contributed by atoms with Crippen molar-refractivity contribution < 1.29 is 9.90 Å². The lowest BCUT2D eigenvalue weighted by Crippen LogP contribution is -2.13. The highest BCUT2D eigenvalue weighted by atomic mass is 16.3. The fraction of sp³-hybridized carbons (Fsp3) is 0.100. The number of Topliss-reactive ketones (excluding diaryl/α,β-unsaturated/α-hetero) is 1. The largest absolute Gasteiger partial charge is 0.508 e. The van der Waals surface area contributed by atoms with Gasteiger partial charge in [-0.3, -0.25) is 4.79 Å². The molecule has 118 valence electrons. The third kappa shape index (κ3) is 2.63. The second-order valence-corrected chi connectivity index (χ2v) is 5.89. The molecule has 1 aromatic heterocycles. The Hall–Kier alpha value is -3.14. The summed E-state index contributed by atoms with van der Waals surface area (Å²) in [5.74, 6) is 0.238. The number of carbonyl (C=O) groups excluding carboxylic acids is 1. The number of aryl methyl sites for hydroxylation is 1. The van der Waals surface area contributed by atoms with E-state index in [1.54, 1.807) is 29.1 Å². The first-order valence-electron chi connectivity index (χ1n) is 7.88. The molecular formula is C20H16N2O2. The number of ketones is 1. The van der Waals surface area contributed by atoms with Gasteiger partial charge in [-0.1, -0.05) is 18.2 Å². The van der Waals surface area contributed by atoms with Crippen LogP contribution < -0.4 is 0 Å². The molecule has 0 saturated carbocycles. The molecule has 24 heavy (non-hydrogen) atoms. The molecule has 0 saturated heterocycles. The molecule has 1 aliphatic rings. The third-order valence-corrected chi connectivity index (χ3v) is 4.25. The van der Waals surface area contributed by atoms with Crippen LogP contribution in [0.1, 0.15) is 27.9 Å². The molecule has 4 heteroatoms. The SMILES string of the molecule is O=C1C(=Cc2cnn(-c3ccccc3)c2)CCc2cc(O)ccc21. The molecule has 0 fully saturated rings. The number of para-hydroxylation sites is 1. The van der Waals surface area contributed by atoms with Crippen LogP contribution in [0.5, 0.6) is 5.75 Å². The standard InChI is InChI=1S/C20H16N2O2/c23-18-8-9-19-15(11-18)6-7-16(20(19)24)10-14-12-21-22(13-14)17-4-2-1-3-5-17/h1-5,8-13,23H,6-7H2. The number of allylic oxidation sites excluding steroid dienone is 1. The van der Waals surface area contributed by atoms with Gasteiger partial charge in [0.1, 0.15) is 5.75 Å². The summed E-state index contributed by atoms with van der Waals surface area (Å²) in [5.41, 5.74) is 4.26. The van der Waals surface area contributed by atoms with E-state index in [0.717, 1.165) is 28.8 Å². The predicted octanol–water partition coefficient (Wildman–Crippen LogP) is 3.79. The molecule has 0 amide bonds. The monoisotopic (exact) mass is 316 g/mol. The summed E-state index contributed by atoms with van der Waals surface area (Å²) >= 11 is 0. The van der Waals surface area contributed by atoms with Crippen LogP contribution in [0.3, 0.4) is 0 Å². The number of nitrogens with zero attached hydrogens (tertiary/aromatic N) is 2. The number of phenols is 1. The molecule has 1 heterocycles. The lowest BCUT2D eigenvalue weighted by Gasteiger charge is -2.17. The van der Waals surface area contributed by atoms with Gasteiger partial charge in [-0.15, -0.1) is 0 Å². The zero-order valence-electron chi connectivity index (χ0n) is 13.0. The Kier molecular flexibility index (Phi) is 3.50. The number of benzene rings is 2. The van der Waals surface area contributed by atoms with Crippen LogP contribution in [0.4, 0.5) is 0 Å². The minimum Gasteiger partial charge on any atom is -0.508 e. The Labute approximate surface area is 139 Å². The van der Waals surface area contributed by atoms with E-state index >= 15 is 0 Å². The number of aromatic hydroxyl groups is 1. The molecule has 0 atom stereocenters. The van der Waals surface area contributed by atoms with Crippen molar-refractivity contribution in [1.82, 2.24) is 9.78 Å². The lowest BCUT2D eigenvalue weighted by atomic mass is 9.86. The van der Waals surface area contributed by atoms with E-state index < -0.39 is 0 Å². The maximum atomic E-state index is 12.6. The molecule has 3 aromatic rings. The Balaban J connectivity index is 1.64. The van der Waals surface area contributed by atoms with Crippen LogP contribution >= 0.6 is 0 Å². The molecule has 0 spiro atoms. The van der Waals surface area contributed by atoms with Crippen molar-refractivity contribution in [3.8, 4) is 11.4 Å². The summed E-state index contributed by atoms with van der Waals surface area (Å²) in [4.78, 5) is 12.6. The second kappa shape index (κ2) is 5.81. The van der Waals surface area contributed by atoms with Gasteiger partial charge in [-0.25, -0.2) is 4.68 Å². The van der Waals surface area contributed by atoms with E-state index in [4.69, 9.17) is 0 Å². The Morgan fingerprint density at radius 1 is 1.08 bits per heavy atom. The van der Waals surface area contributed by atoms with E-state index in [0.29, 0.717) is 12.0 Å². The summed E-state index contributed by atoms with van der Waals surface area (Å²) in [7, 11) is 0. The average Bonchev–Trinajstić information content (AvgIpc) is 3.07. The summed E-state index contributed by atoms with van der Waals surface area (Å²) in [5, 5.41) is 13.9. The topological polar surface area (TPSA) is 55.1 Å². The first-order chi connectivity index (χ1) is 11.7. The smallest absolute Gasteiger partial charge is 0.189 e. The molecule has 0 unspecified atom stereocenters. The highest BCUT2D eigenvalue weighted by molar-refractivity contribution is 6.13. The van der Waals surface area contributed by atoms with Gasteiger partial charge in [0.2, 0.25) is 0 Å². The fourth-order valence-electron chi connectivity index (χ4n) is 3.04. The number of aromatic nitrogens is 2. The highest BCUT2D eigenvalue weighted by Crippen LogP contribution is 2.29. The summed E-state index contributed by atoms with van der Waals surface area (Å²) in [6, 6.07) is 14.8. The highest BCUT2D eigenvalue weighted by Gasteiger charge is 2.22. The second-order valence-electron chi connectivity index (χ2n) is 5.89. The van der Waals surface area contributed by atoms with Crippen molar-refractivity contribution in [3.63, 3.8) is 0 Å². The van der Waals surface area contributed by atoms with Crippen LogP contribution in [0.15, 0.2) is 66.5 Å². The van der Waals surface area contributed by atoms with E-state index in [-0.39, 0.29) is 11.5 Å². The van der Waals surface area contributed by atoms with Gasteiger partial charge in [0.25, 0.3) is 0 Å². The van der Waals surface area contributed by atoms with Crippen LogP contribution in [-0.4, -0.2) is 20.7 Å². The Bertz CT molecular complexity index is 939. The molecule has 0 aliphatic heterocycles. The van der Waals surface area contributed by atoms with Crippen LogP contribution in [0.2, 0.25) is 0 Å². The molecule has 0 bridgehead atoms. The van der Waals surface area contributed by atoms with Gasteiger partial charge in [-0.2, -0.15) is 5.10 Å². The van der Waals surface area contributed by atoms with Gasteiger partial charge in [0, 0.05) is 22.9 Å². The Morgan fingerprint density at radius 2 is 1.92 bits per heavy atom. The number of phenolic OH excluding ortho intramolecular Hbond substituents is 1. The average molecular weight is 316 g/mol. The molecular weight excluding hydrogens is 300 g/mol. The van der Waals surface area contributed by atoms with Gasteiger partial charge in [0.15, 0.2) is 5.78 Å². The van der Waals surface area contributed by atoms with Crippen molar-refractivity contribution in [3.05, 3.63) is 83.2 Å². The van der Waals surface area contributed by atoms with Crippen molar-refractivity contribution >= 4 is 11.9 Å². The maximum absolute atomic E-state index is 12.6. The number of carbonyl (C=O) groups is 1. The van der Waals surface area contributed by atoms with E-state index in [1.807, 2.05) is 42.6 Å². The first kappa shape index (κ1) is 14.5. The van der Waals surface area contributed by atoms with Crippen LogP contribution in [0, 0.1) is 0 Å². The van der Waals surface area contributed by atoms with Crippen LogP contribution in [-0.2, 0) is 6.42 Å². The van der Waals surface area contributed by atoms with Crippen molar-refractivity contribution in [2.45, 2.75) is 12.8 Å². The number of hydrogen-bond donors (Lipinski definition) is 1. The van der Waals surface area contributed by atoms with Gasteiger partial charge in [0.05, 0.1) is 11.9 Å². The van der Waals surface area contributed by atoms with Gasteiger partial charge < -0.3 is 5.11 Å². The van der Waals surface area contributed by atoms with E-state index in [2.05, 4.69) is 5.10 Å². The molecule has 0 radical (unpaired) electrons. The summed E-state index contributed by atoms with van der Waals surface area (Å²) in [6.07, 6.45) is 7.02. The van der Waals surface area contributed by atoms with Crippen LogP contribution in [0.25, 0.3) is 11.8 Å². The summed E-state index contributed by atoms with van der Waals surface area (Å²) in [6.45, 7) is 0. The molecule has 4 rings (SSSR count). The molecule has 4 nitrogen and oxygen atoms in total. The van der Waals surface area contributed by atoms with Crippen molar-refractivity contribution in [2.24, 2.45) is 0 Å². The van der Waals surface area contributed by atoms with E-state index in [9.17, 15) is 9.90 Å². The van der Waals surface area contributed by atoms with E-state index in [1.165, 1.54) is 0 Å². The predicted molar refractivity (Wildman–Crippen MR) is 92.3 cm³/mol. The van der Waals surface area contributed by atoms with Crippen molar-refractivity contribution in [1.29, 1.82) is 0 Å². The number of hydrogen-bond acceptors (Lipinski definition) is 3. The van der Waals surface area contributed by atoms with Gasteiger partial charge in [-0.05, 0) is 54.8 Å². The first-order valence-corrected chi connectivity index (χ1v) is 7.88. The maximum Gasteiger partial charge on any atom is 0.189 e. The van der Waals surface area contributed by atoms with Gasteiger partial charge >= 0.3 is 0 Å². The molecule has 1 N–H and O–H groups in total. The zero-order valence-corrected chi connectivity index (χ0v) is 13.0. The number of fused-ring (bicyclic) bond motifs is 1. The van der Waals surface area contributed by atoms with Crippen molar-refractivity contribution in [2.75, 3.05) is 0 Å². The summed E-state index contributed by atoms with van der Waals surface area (Å²) < 4.78 is 1.80. The third-order valence-electron chi connectivity index (χ3n) is 4.25.